The fourth-order valence-electron chi connectivity index (χ4n) is 0.773. The lowest BCUT2D eigenvalue weighted by molar-refractivity contribution is 0.111. The lowest BCUT2D eigenvalue weighted by atomic mass is 10.0. The molecular weight excluding hydrogens is 148 g/mol. The van der Waals surface area contributed by atoms with Crippen molar-refractivity contribution in [3.63, 3.8) is 0 Å². The summed E-state index contributed by atoms with van der Waals surface area (Å²) in [6.45, 7) is 3.72. The topological polar surface area (TPSA) is 20.2 Å². The van der Waals surface area contributed by atoms with Gasteiger partial charge in [0.1, 0.15) is 5.60 Å². The van der Waals surface area contributed by atoms with Crippen molar-refractivity contribution in [2.75, 3.05) is 5.88 Å². The minimum Gasteiger partial charge on any atom is -0.378 e. The van der Waals surface area contributed by atoms with Crippen LogP contribution in [-0.4, -0.2) is 16.6 Å². The molecule has 0 rings (SSSR count). The molecule has 0 fully saturated rings. The standard InChI is InChI=1S/C8H13ClO/c1-3-5-8(2,10)6-4-7-9/h10H,3,5,7H2,1-2H3. The largest absolute Gasteiger partial charge is 0.378 e. The highest BCUT2D eigenvalue weighted by Gasteiger charge is 2.13. The van der Waals surface area contributed by atoms with Gasteiger partial charge in [-0.2, -0.15) is 0 Å². The molecule has 1 unspecified atom stereocenters. The maximum atomic E-state index is 9.41. The highest BCUT2D eigenvalue weighted by molar-refractivity contribution is 6.19. The second-order valence-electron chi connectivity index (χ2n) is 2.46. The first-order chi connectivity index (χ1) is 4.62. The van der Waals surface area contributed by atoms with E-state index in [1.165, 1.54) is 0 Å². The molecule has 1 nitrogen and oxygen atoms in total. The highest BCUT2D eigenvalue weighted by Crippen LogP contribution is 2.09. The molecule has 0 bridgehead atoms. The van der Waals surface area contributed by atoms with Gasteiger partial charge < -0.3 is 5.11 Å². The van der Waals surface area contributed by atoms with Crippen LogP contribution >= 0.6 is 11.6 Å². The van der Waals surface area contributed by atoms with Crippen LogP contribution < -0.4 is 0 Å². The Hall–Kier alpha value is -0.190. The number of hydrogen-bond donors (Lipinski definition) is 1. The first kappa shape index (κ1) is 9.81. The summed E-state index contributed by atoms with van der Waals surface area (Å²) in [6, 6.07) is 0. The summed E-state index contributed by atoms with van der Waals surface area (Å²) in [4.78, 5) is 0. The second-order valence-corrected chi connectivity index (χ2v) is 2.73. The van der Waals surface area contributed by atoms with E-state index in [-0.39, 0.29) is 0 Å². The average molecular weight is 161 g/mol. The number of aliphatic hydroxyl groups is 1. The zero-order valence-corrected chi connectivity index (χ0v) is 7.20. The minimum absolute atomic E-state index is 0.292. The van der Waals surface area contributed by atoms with Crippen LogP contribution in [0.3, 0.4) is 0 Å². The molecule has 0 aliphatic heterocycles. The maximum Gasteiger partial charge on any atom is 0.122 e. The van der Waals surface area contributed by atoms with Crippen molar-refractivity contribution >= 4 is 11.6 Å². The molecule has 0 saturated carbocycles. The predicted octanol–water partition coefficient (Wildman–Crippen LogP) is 1.78. The van der Waals surface area contributed by atoms with E-state index >= 15 is 0 Å². The van der Waals surface area contributed by atoms with Gasteiger partial charge in [0.05, 0.1) is 5.88 Å². The Morgan fingerprint density at radius 2 is 2.20 bits per heavy atom. The molecule has 0 heterocycles. The minimum atomic E-state index is -0.844. The Labute approximate surface area is 67.4 Å². The zero-order chi connectivity index (χ0) is 8.04. The van der Waals surface area contributed by atoms with E-state index in [1.807, 2.05) is 6.92 Å². The normalized spacial score (nSPS) is 15.2. The van der Waals surface area contributed by atoms with E-state index in [1.54, 1.807) is 6.92 Å². The SMILES string of the molecule is CCCC(C)(O)C#CCCl. The average Bonchev–Trinajstić information content (AvgIpc) is 1.84. The Balaban J connectivity index is 3.85. The Bertz CT molecular complexity index is 141. The van der Waals surface area contributed by atoms with Crippen LogP contribution in [0.25, 0.3) is 0 Å². The van der Waals surface area contributed by atoms with Crippen LogP contribution in [-0.2, 0) is 0 Å². The molecule has 58 valence electrons. The van der Waals surface area contributed by atoms with Crippen LogP contribution in [0.5, 0.6) is 0 Å². The molecule has 1 atom stereocenters. The van der Waals surface area contributed by atoms with Crippen LogP contribution in [0, 0.1) is 11.8 Å². The van der Waals surface area contributed by atoms with E-state index in [0.717, 1.165) is 6.42 Å². The van der Waals surface area contributed by atoms with Gasteiger partial charge in [-0.1, -0.05) is 25.2 Å². The van der Waals surface area contributed by atoms with Crippen molar-refractivity contribution in [3.05, 3.63) is 0 Å². The van der Waals surface area contributed by atoms with Gasteiger partial charge in [-0.15, -0.1) is 11.6 Å². The summed E-state index contributed by atoms with van der Waals surface area (Å²) in [5.41, 5.74) is -0.844. The van der Waals surface area contributed by atoms with Crippen molar-refractivity contribution in [1.29, 1.82) is 0 Å². The molecule has 10 heavy (non-hydrogen) atoms. The van der Waals surface area contributed by atoms with Gasteiger partial charge in [0, 0.05) is 0 Å². The quantitative estimate of drug-likeness (QED) is 0.482. The smallest absolute Gasteiger partial charge is 0.122 e. The third-order valence-electron chi connectivity index (χ3n) is 1.16. The third-order valence-corrected chi connectivity index (χ3v) is 1.29. The van der Waals surface area contributed by atoms with Gasteiger partial charge in [0.2, 0.25) is 0 Å². The molecule has 0 aliphatic carbocycles. The summed E-state index contributed by atoms with van der Waals surface area (Å²) in [5, 5.41) is 9.41. The van der Waals surface area contributed by atoms with Gasteiger partial charge in [0.15, 0.2) is 0 Å². The van der Waals surface area contributed by atoms with Gasteiger partial charge >= 0.3 is 0 Å². The lowest BCUT2D eigenvalue weighted by Crippen LogP contribution is -2.20. The predicted molar refractivity (Wildman–Crippen MR) is 44.0 cm³/mol. The Morgan fingerprint density at radius 1 is 1.60 bits per heavy atom. The number of alkyl halides is 1. The molecule has 0 spiro atoms. The lowest BCUT2D eigenvalue weighted by Gasteiger charge is -2.13. The Kier molecular flexibility index (Phi) is 4.51. The fraction of sp³-hybridized carbons (Fsp3) is 0.750. The van der Waals surface area contributed by atoms with E-state index in [9.17, 15) is 5.11 Å². The Morgan fingerprint density at radius 3 is 2.60 bits per heavy atom. The zero-order valence-electron chi connectivity index (χ0n) is 6.45. The van der Waals surface area contributed by atoms with Crippen molar-refractivity contribution in [1.82, 2.24) is 0 Å². The van der Waals surface area contributed by atoms with E-state index in [2.05, 4.69) is 11.8 Å². The summed E-state index contributed by atoms with van der Waals surface area (Å²) < 4.78 is 0. The van der Waals surface area contributed by atoms with Gasteiger partial charge in [-0.05, 0) is 13.3 Å². The van der Waals surface area contributed by atoms with Crippen LogP contribution in [0.15, 0.2) is 0 Å². The molecule has 0 amide bonds. The molecule has 0 saturated heterocycles. The summed E-state index contributed by atoms with van der Waals surface area (Å²) in [6.07, 6.45) is 1.64. The van der Waals surface area contributed by atoms with Crippen molar-refractivity contribution < 1.29 is 5.11 Å². The van der Waals surface area contributed by atoms with E-state index in [4.69, 9.17) is 11.6 Å². The molecule has 0 aliphatic rings. The summed E-state index contributed by atoms with van der Waals surface area (Å²) in [5.74, 6) is 5.61. The second kappa shape index (κ2) is 4.60. The van der Waals surface area contributed by atoms with Crippen LogP contribution in [0.1, 0.15) is 26.7 Å². The van der Waals surface area contributed by atoms with Crippen molar-refractivity contribution in [2.45, 2.75) is 32.3 Å². The van der Waals surface area contributed by atoms with Crippen LogP contribution in [0.2, 0.25) is 0 Å². The number of rotatable bonds is 2. The number of halogens is 1. The first-order valence-electron chi connectivity index (χ1n) is 3.41. The first-order valence-corrected chi connectivity index (χ1v) is 3.94. The van der Waals surface area contributed by atoms with Crippen LogP contribution in [0.4, 0.5) is 0 Å². The molecule has 1 N–H and O–H groups in total. The molecule has 0 radical (unpaired) electrons. The van der Waals surface area contributed by atoms with E-state index in [0.29, 0.717) is 12.3 Å². The number of hydrogen-bond acceptors (Lipinski definition) is 1. The summed E-state index contributed by atoms with van der Waals surface area (Å²) in [7, 11) is 0. The molecule has 0 aromatic carbocycles. The third kappa shape index (κ3) is 4.67. The molecule has 0 aromatic rings. The fourth-order valence-corrected chi connectivity index (χ4v) is 0.840. The summed E-state index contributed by atoms with van der Waals surface area (Å²) >= 11 is 5.32. The van der Waals surface area contributed by atoms with Gasteiger partial charge in [-0.3, -0.25) is 0 Å². The van der Waals surface area contributed by atoms with Crippen molar-refractivity contribution in [2.24, 2.45) is 0 Å². The van der Waals surface area contributed by atoms with Gasteiger partial charge in [-0.25, -0.2) is 0 Å². The molecular formula is C8H13ClO. The molecule has 2 heteroatoms. The maximum absolute atomic E-state index is 9.41. The molecule has 0 aromatic heterocycles. The monoisotopic (exact) mass is 160 g/mol. The van der Waals surface area contributed by atoms with Gasteiger partial charge in [0.25, 0.3) is 0 Å². The highest BCUT2D eigenvalue weighted by atomic mass is 35.5. The van der Waals surface area contributed by atoms with Crippen molar-refractivity contribution in [3.8, 4) is 11.8 Å². The van der Waals surface area contributed by atoms with E-state index < -0.39 is 5.60 Å².